The smallest absolute Gasteiger partial charge is 0.311 e. The van der Waals surface area contributed by atoms with E-state index in [4.69, 9.17) is 14.2 Å². The molecule has 0 spiro atoms. The van der Waals surface area contributed by atoms with Crippen LogP contribution in [0.1, 0.15) is 24.0 Å². The summed E-state index contributed by atoms with van der Waals surface area (Å²) in [6.07, 6.45) is 1.43. The van der Waals surface area contributed by atoms with Crippen LogP contribution in [-0.4, -0.2) is 52.4 Å². The van der Waals surface area contributed by atoms with Crippen LogP contribution < -0.4 is 9.47 Å². The van der Waals surface area contributed by atoms with Crippen molar-refractivity contribution < 1.29 is 27.4 Å². The lowest BCUT2D eigenvalue weighted by Crippen LogP contribution is -2.42. The molecule has 0 aromatic heterocycles. The minimum absolute atomic E-state index is 0.119. The Morgan fingerprint density at radius 3 is 2.68 bits per heavy atom. The van der Waals surface area contributed by atoms with Crippen LogP contribution in [0.25, 0.3) is 0 Å². The van der Waals surface area contributed by atoms with Crippen molar-refractivity contribution in [3.63, 3.8) is 0 Å². The molecule has 2 aromatic rings. The number of sulfonamides is 1. The van der Waals surface area contributed by atoms with Gasteiger partial charge in [0.05, 0.1) is 20.1 Å². The normalized spacial score (nSPS) is 19.4. The van der Waals surface area contributed by atoms with Crippen molar-refractivity contribution in [2.24, 2.45) is 10.3 Å². The molecule has 1 fully saturated rings. The van der Waals surface area contributed by atoms with Gasteiger partial charge in [-0.15, -0.1) is 4.40 Å². The van der Waals surface area contributed by atoms with Crippen LogP contribution in [-0.2, 0) is 26.2 Å². The molecule has 0 saturated carbocycles. The number of hydrogen-bond acceptors (Lipinski definition) is 7. The lowest BCUT2D eigenvalue weighted by atomic mass is 9.97. The van der Waals surface area contributed by atoms with Crippen LogP contribution in [0.15, 0.2) is 51.8 Å². The Morgan fingerprint density at radius 2 is 1.90 bits per heavy atom. The average Bonchev–Trinajstić information content (AvgIpc) is 3.08. The van der Waals surface area contributed by atoms with Crippen LogP contribution in [0.5, 0.6) is 11.5 Å². The maximum absolute atomic E-state index is 12.7. The molecule has 2 aromatic carbocycles. The van der Waals surface area contributed by atoms with Crippen molar-refractivity contribution in [1.82, 2.24) is 4.90 Å². The Balaban J connectivity index is 1.43. The van der Waals surface area contributed by atoms with E-state index in [1.165, 1.54) is 0 Å². The molecule has 31 heavy (non-hydrogen) atoms. The fraction of sp³-hybridized carbons (Fsp3) is 0.364. The molecular weight excluding hydrogens is 420 g/mol. The number of fused-ring (bicyclic) bond motifs is 1. The molecule has 0 bridgehead atoms. The number of hydrogen-bond donors (Lipinski definition) is 0. The highest BCUT2D eigenvalue weighted by Gasteiger charge is 2.35. The van der Waals surface area contributed by atoms with Crippen molar-refractivity contribution in [3.8, 4) is 11.5 Å². The van der Waals surface area contributed by atoms with Gasteiger partial charge in [-0.2, -0.15) is 8.42 Å². The number of rotatable bonds is 5. The van der Waals surface area contributed by atoms with Gasteiger partial charge in [-0.3, -0.25) is 4.79 Å². The molecule has 1 atom stereocenters. The summed E-state index contributed by atoms with van der Waals surface area (Å²) in [6, 6.07) is 12.1. The first-order chi connectivity index (χ1) is 14.9. The predicted molar refractivity (Wildman–Crippen MR) is 114 cm³/mol. The zero-order chi connectivity index (χ0) is 22.0. The average molecular weight is 445 g/mol. The van der Waals surface area contributed by atoms with Crippen LogP contribution in [0.2, 0.25) is 0 Å². The van der Waals surface area contributed by atoms with Gasteiger partial charge in [-0.25, -0.2) is 0 Å². The van der Waals surface area contributed by atoms with Crippen LogP contribution in [0.4, 0.5) is 0 Å². The summed E-state index contributed by atoms with van der Waals surface area (Å²) >= 11 is 0. The number of likely N-dealkylation sites (tertiary alicyclic amines) is 1. The fourth-order valence-corrected chi connectivity index (χ4v) is 5.15. The molecule has 1 saturated heterocycles. The van der Waals surface area contributed by atoms with E-state index in [1.807, 2.05) is 11.0 Å². The summed E-state index contributed by atoms with van der Waals surface area (Å²) < 4.78 is 44.7. The molecule has 0 aliphatic carbocycles. The van der Waals surface area contributed by atoms with E-state index < -0.39 is 10.0 Å². The largest absolute Gasteiger partial charge is 0.493 e. The van der Waals surface area contributed by atoms with E-state index in [0.717, 1.165) is 12.0 Å². The second-order valence-corrected chi connectivity index (χ2v) is 9.04. The Labute approximate surface area is 181 Å². The summed E-state index contributed by atoms with van der Waals surface area (Å²) in [5, 5.41) is 0. The highest BCUT2D eigenvalue weighted by molar-refractivity contribution is 7.90. The molecule has 0 amide bonds. The molecule has 2 aliphatic heterocycles. The molecule has 2 aliphatic rings. The van der Waals surface area contributed by atoms with Crippen LogP contribution in [0, 0.1) is 5.92 Å². The fourth-order valence-electron chi connectivity index (χ4n) is 3.92. The third-order valence-electron chi connectivity index (χ3n) is 5.50. The first kappa shape index (κ1) is 21.2. The number of esters is 1. The van der Waals surface area contributed by atoms with Gasteiger partial charge in [0, 0.05) is 18.7 Å². The number of piperidine rings is 1. The molecule has 4 rings (SSSR count). The van der Waals surface area contributed by atoms with E-state index in [0.29, 0.717) is 42.4 Å². The third kappa shape index (κ3) is 4.23. The van der Waals surface area contributed by atoms with E-state index in [-0.39, 0.29) is 23.4 Å². The summed E-state index contributed by atoms with van der Waals surface area (Å²) in [4.78, 5) is 14.8. The van der Waals surface area contributed by atoms with Gasteiger partial charge in [0.1, 0.15) is 11.5 Å². The zero-order valence-electron chi connectivity index (χ0n) is 17.4. The molecular formula is C22H24N2O6S. The first-order valence-corrected chi connectivity index (χ1v) is 11.4. The minimum atomic E-state index is -3.69. The lowest BCUT2D eigenvalue weighted by molar-refractivity contribution is -0.151. The molecule has 9 heteroatoms. The summed E-state index contributed by atoms with van der Waals surface area (Å²) in [6.45, 7) is 1.13. The summed E-state index contributed by atoms with van der Waals surface area (Å²) in [5.74, 6) is 0.918. The number of benzene rings is 2. The topological polar surface area (TPSA) is 94.5 Å². The standard InChI is InChI=1S/C22H24N2O6S/c1-28-18-10-9-15(12-19(18)29-2)14-30-22(25)16-6-5-11-24(13-16)21-17-7-3-4-8-20(17)31(26,27)23-21/h3-4,7-10,12,16H,5-6,11,13-14H2,1-2H3. The van der Waals surface area contributed by atoms with Gasteiger partial charge < -0.3 is 19.1 Å². The minimum Gasteiger partial charge on any atom is -0.493 e. The third-order valence-corrected chi connectivity index (χ3v) is 6.82. The summed E-state index contributed by atoms with van der Waals surface area (Å²) in [7, 11) is -0.582. The van der Waals surface area contributed by atoms with Gasteiger partial charge in [-0.1, -0.05) is 18.2 Å². The molecule has 2 heterocycles. The molecule has 0 N–H and O–H groups in total. The van der Waals surface area contributed by atoms with Gasteiger partial charge >= 0.3 is 5.97 Å². The number of ether oxygens (including phenoxy) is 3. The van der Waals surface area contributed by atoms with Crippen molar-refractivity contribution in [3.05, 3.63) is 53.6 Å². The zero-order valence-corrected chi connectivity index (χ0v) is 18.2. The van der Waals surface area contributed by atoms with Gasteiger partial charge in [0.2, 0.25) is 0 Å². The number of carbonyl (C=O) groups excluding carboxylic acids is 1. The van der Waals surface area contributed by atoms with Crippen LogP contribution >= 0.6 is 0 Å². The van der Waals surface area contributed by atoms with E-state index in [2.05, 4.69) is 4.40 Å². The van der Waals surface area contributed by atoms with Crippen molar-refractivity contribution >= 4 is 21.8 Å². The quantitative estimate of drug-likeness (QED) is 0.654. The number of methoxy groups -OCH3 is 2. The van der Waals surface area contributed by atoms with E-state index >= 15 is 0 Å². The highest BCUT2D eigenvalue weighted by Crippen LogP contribution is 2.31. The molecule has 0 radical (unpaired) electrons. The number of carbonyl (C=O) groups is 1. The van der Waals surface area contributed by atoms with E-state index in [9.17, 15) is 13.2 Å². The predicted octanol–water partition coefficient (Wildman–Crippen LogP) is 2.61. The Bertz CT molecular complexity index is 1130. The van der Waals surface area contributed by atoms with Crippen molar-refractivity contribution in [1.29, 1.82) is 0 Å². The second kappa shape index (κ2) is 8.58. The maximum Gasteiger partial charge on any atom is 0.311 e. The maximum atomic E-state index is 12.7. The monoisotopic (exact) mass is 444 g/mol. The number of amidine groups is 1. The molecule has 1 unspecified atom stereocenters. The number of nitrogens with zero attached hydrogens (tertiary/aromatic N) is 2. The van der Waals surface area contributed by atoms with Gasteiger partial charge in [-0.05, 0) is 42.7 Å². The Kier molecular flexibility index (Phi) is 5.86. The first-order valence-electron chi connectivity index (χ1n) is 10.00. The molecule has 8 nitrogen and oxygen atoms in total. The Morgan fingerprint density at radius 1 is 1.13 bits per heavy atom. The highest BCUT2D eigenvalue weighted by atomic mass is 32.2. The Hall–Kier alpha value is -3.07. The lowest BCUT2D eigenvalue weighted by Gasteiger charge is -2.32. The van der Waals surface area contributed by atoms with E-state index in [1.54, 1.807) is 50.6 Å². The van der Waals surface area contributed by atoms with Crippen molar-refractivity contribution in [2.45, 2.75) is 24.3 Å². The summed E-state index contributed by atoms with van der Waals surface area (Å²) in [5.41, 5.74) is 1.38. The molecule has 164 valence electrons. The van der Waals surface area contributed by atoms with Gasteiger partial charge in [0.15, 0.2) is 17.3 Å². The van der Waals surface area contributed by atoms with Crippen LogP contribution in [0.3, 0.4) is 0 Å². The second-order valence-electron chi connectivity index (χ2n) is 7.47. The van der Waals surface area contributed by atoms with Crippen molar-refractivity contribution in [2.75, 3.05) is 27.3 Å². The SMILES string of the molecule is COc1ccc(COC(=O)C2CCCN(C3=NS(=O)(=O)c4ccccc43)C2)cc1OC. The van der Waals surface area contributed by atoms with Gasteiger partial charge in [0.25, 0.3) is 10.0 Å².